The molecule has 144 valence electrons. The van der Waals surface area contributed by atoms with Crippen LogP contribution in [0.25, 0.3) is 0 Å². The summed E-state index contributed by atoms with van der Waals surface area (Å²) >= 11 is 0. The molecular weight excluding hydrogens is 346 g/mol. The van der Waals surface area contributed by atoms with Gasteiger partial charge in [0.05, 0.1) is 6.26 Å². The van der Waals surface area contributed by atoms with Gasteiger partial charge in [0.2, 0.25) is 0 Å². The number of methoxy groups -OCH3 is 1. The molecule has 0 spiro atoms. The molecular formula is C20H25N3O4. The molecule has 2 amide bonds. The highest BCUT2D eigenvalue weighted by atomic mass is 16.5. The highest BCUT2D eigenvalue weighted by Gasteiger charge is 2.29. The lowest BCUT2D eigenvalue weighted by atomic mass is 10.1. The number of amides is 2. The standard InChI is InChI=1S/C20H25N3O4/c1-26-12-5-10-21-19(24)20(25)22-14-17(18-8-4-13-27-18)23-11-9-15-6-2-3-7-16(15)23/h2-4,6-8,13,17H,5,9-12,14H2,1H3,(H,21,24)(H,22,25). The maximum absolute atomic E-state index is 12.1. The first-order valence-electron chi connectivity index (χ1n) is 9.13. The number of nitrogens with zero attached hydrogens (tertiary/aromatic N) is 1. The Bertz CT molecular complexity index is 760. The number of para-hydroxylation sites is 1. The van der Waals surface area contributed by atoms with Crippen LogP contribution in [0.15, 0.2) is 47.1 Å². The molecule has 27 heavy (non-hydrogen) atoms. The second-order valence-corrected chi connectivity index (χ2v) is 6.42. The number of ether oxygens (including phenoxy) is 1. The summed E-state index contributed by atoms with van der Waals surface area (Å²) in [5, 5.41) is 5.33. The van der Waals surface area contributed by atoms with E-state index in [0.29, 0.717) is 19.6 Å². The van der Waals surface area contributed by atoms with Gasteiger partial charge in [-0.25, -0.2) is 0 Å². The van der Waals surface area contributed by atoms with Crippen molar-refractivity contribution in [1.82, 2.24) is 10.6 Å². The van der Waals surface area contributed by atoms with Crippen molar-refractivity contribution in [2.75, 3.05) is 38.3 Å². The van der Waals surface area contributed by atoms with E-state index in [1.54, 1.807) is 13.4 Å². The van der Waals surface area contributed by atoms with Gasteiger partial charge in [0.1, 0.15) is 11.8 Å². The molecule has 1 aromatic heterocycles. The van der Waals surface area contributed by atoms with Gasteiger partial charge in [0.25, 0.3) is 0 Å². The van der Waals surface area contributed by atoms with Gasteiger partial charge < -0.3 is 24.7 Å². The number of benzene rings is 1. The molecule has 0 aliphatic carbocycles. The third-order valence-corrected chi connectivity index (χ3v) is 4.64. The lowest BCUT2D eigenvalue weighted by Gasteiger charge is -2.29. The van der Waals surface area contributed by atoms with Gasteiger partial charge in [0.15, 0.2) is 0 Å². The summed E-state index contributed by atoms with van der Waals surface area (Å²) in [7, 11) is 1.60. The summed E-state index contributed by atoms with van der Waals surface area (Å²) in [6.07, 6.45) is 3.23. The van der Waals surface area contributed by atoms with Crippen molar-refractivity contribution in [3.05, 3.63) is 54.0 Å². The van der Waals surface area contributed by atoms with Crippen LogP contribution in [0.2, 0.25) is 0 Å². The minimum Gasteiger partial charge on any atom is -0.467 e. The number of furan rings is 1. The fourth-order valence-corrected chi connectivity index (χ4v) is 3.30. The van der Waals surface area contributed by atoms with Gasteiger partial charge in [0, 0.05) is 39.0 Å². The summed E-state index contributed by atoms with van der Waals surface area (Å²) in [4.78, 5) is 26.3. The number of carbonyl (C=O) groups excluding carboxylic acids is 2. The summed E-state index contributed by atoms with van der Waals surface area (Å²) in [5.41, 5.74) is 2.41. The average molecular weight is 371 g/mol. The van der Waals surface area contributed by atoms with E-state index in [0.717, 1.165) is 24.4 Å². The number of anilines is 1. The van der Waals surface area contributed by atoms with Gasteiger partial charge in [-0.2, -0.15) is 0 Å². The molecule has 0 radical (unpaired) electrons. The average Bonchev–Trinajstić information content (AvgIpc) is 3.36. The molecule has 7 nitrogen and oxygen atoms in total. The molecule has 0 fully saturated rings. The first-order chi connectivity index (χ1) is 13.2. The Balaban J connectivity index is 1.62. The number of fused-ring (bicyclic) bond motifs is 1. The van der Waals surface area contributed by atoms with Crippen molar-refractivity contribution < 1.29 is 18.7 Å². The third kappa shape index (κ3) is 4.68. The van der Waals surface area contributed by atoms with E-state index >= 15 is 0 Å². The van der Waals surface area contributed by atoms with E-state index in [-0.39, 0.29) is 12.6 Å². The van der Waals surface area contributed by atoms with Crippen LogP contribution in [0, 0.1) is 0 Å². The molecule has 1 atom stereocenters. The Morgan fingerprint density at radius 2 is 2.00 bits per heavy atom. The minimum absolute atomic E-state index is 0.172. The van der Waals surface area contributed by atoms with Crippen molar-refractivity contribution >= 4 is 17.5 Å². The zero-order valence-electron chi connectivity index (χ0n) is 15.4. The van der Waals surface area contributed by atoms with Crippen molar-refractivity contribution in [2.45, 2.75) is 18.9 Å². The Labute approximate surface area is 158 Å². The molecule has 1 aliphatic rings. The maximum Gasteiger partial charge on any atom is 0.309 e. The Hall–Kier alpha value is -2.80. The second-order valence-electron chi connectivity index (χ2n) is 6.42. The molecule has 1 aromatic carbocycles. The lowest BCUT2D eigenvalue weighted by Crippen LogP contribution is -2.44. The second kappa shape index (κ2) is 9.23. The fraction of sp³-hybridized carbons (Fsp3) is 0.400. The maximum atomic E-state index is 12.1. The van der Waals surface area contributed by atoms with Gasteiger partial charge in [-0.05, 0) is 36.6 Å². The van der Waals surface area contributed by atoms with E-state index in [2.05, 4.69) is 27.7 Å². The molecule has 0 bridgehead atoms. The van der Waals surface area contributed by atoms with Crippen LogP contribution in [0.1, 0.15) is 23.8 Å². The van der Waals surface area contributed by atoms with E-state index in [9.17, 15) is 9.59 Å². The number of carbonyl (C=O) groups is 2. The predicted octanol–water partition coefficient (Wildman–Crippen LogP) is 1.65. The van der Waals surface area contributed by atoms with Crippen LogP contribution >= 0.6 is 0 Å². The van der Waals surface area contributed by atoms with Crippen LogP contribution in [-0.2, 0) is 20.7 Å². The molecule has 1 aliphatic heterocycles. The van der Waals surface area contributed by atoms with Crippen molar-refractivity contribution in [2.24, 2.45) is 0 Å². The molecule has 7 heteroatoms. The predicted molar refractivity (Wildman–Crippen MR) is 101 cm³/mol. The minimum atomic E-state index is -0.642. The smallest absolute Gasteiger partial charge is 0.309 e. The van der Waals surface area contributed by atoms with Gasteiger partial charge in [-0.3, -0.25) is 9.59 Å². The van der Waals surface area contributed by atoms with Crippen LogP contribution in [0.3, 0.4) is 0 Å². The Morgan fingerprint density at radius 3 is 2.78 bits per heavy atom. The van der Waals surface area contributed by atoms with Crippen molar-refractivity contribution in [1.29, 1.82) is 0 Å². The molecule has 1 unspecified atom stereocenters. The normalized spacial score (nSPS) is 13.9. The number of rotatable bonds is 8. The van der Waals surface area contributed by atoms with Crippen molar-refractivity contribution in [3.63, 3.8) is 0 Å². The molecule has 3 rings (SSSR count). The van der Waals surface area contributed by atoms with Crippen LogP contribution in [-0.4, -0.2) is 45.2 Å². The van der Waals surface area contributed by atoms with Gasteiger partial charge in [-0.1, -0.05) is 18.2 Å². The summed E-state index contributed by atoms with van der Waals surface area (Å²) in [6.45, 7) is 2.06. The van der Waals surface area contributed by atoms with E-state index in [1.165, 1.54) is 5.56 Å². The quantitative estimate of drug-likeness (QED) is 0.545. The topological polar surface area (TPSA) is 83.8 Å². The monoisotopic (exact) mass is 371 g/mol. The third-order valence-electron chi connectivity index (χ3n) is 4.64. The summed E-state index contributed by atoms with van der Waals surface area (Å²) in [5.74, 6) is -0.518. The molecule has 0 saturated heterocycles. The van der Waals surface area contributed by atoms with E-state index in [1.807, 2.05) is 24.3 Å². The molecule has 2 heterocycles. The fourth-order valence-electron chi connectivity index (χ4n) is 3.30. The number of hydrogen-bond donors (Lipinski definition) is 2. The van der Waals surface area contributed by atoms with Gasteiger partial charge in [-0.15, -0.1) is 0 Å². The Kier molecular flexibility index (Phi) is 6.49. The van der Waals surface area contributed by atoms with Crippen molar-refractivity contribution in [3.8, 4) is 0 Å². The van der Waals surface area contributed by atoms with Crippen LogP contribution in [0.4, 0.5) is 5.69 Å². The largest absolute Gasteiger partial charge is 0.467 e. The zero-order chi connectivity index (χ0) is 19.1. The molecule has 2 aromatic rings. The highest BCUT2D eigenvalue weighted by Crippen LogP contribution is 2.34. The van der Waals surface area contributed by atoms with Crippen LogP contribution in [0.5, 0.6) is 0 Å². The molecule has 2 N–H and O–H groups in total. The number of nitrogens with one attached hydrogen (secondary N) is 2. The van der Waals surface area contributed by atoms with Gasteiger partial charge >= 0.3 is 11.8 Å². The summed E-state index contributed by atoms with van der Waals surface area (Å²) < 4.78 is 10.5. The highest BCUT2D eigenvalue weighted by molar-refractivity contribution is 6.35. The van der Waals surface area contributed by atoms with E-state index < -0.39 is 11.8 Å². The first-order valence-corrected chi connectivity index (χ1v) is 9.13. The van der Waals surface area contributed by atoms with Crippen LogP contribution < -0.4 is 15.5 Å². The molecule has 0 saturated carbocycles. The number of hydrogen-bond acceptors (Lipinski definition) is 5. The Morgan fingerprint density at radius 1 is 1.19 bits per heavy atom. The lowest BCUT2D eigenvalue weighted by molar-refractivity contribution is -0.139. The van der Waals surface area contributed by atoms with E-state index in [4.69, 9.17) is 9.15 Å². The SMILES string of the molecule is COCCCNC(=O)C(=O)NCC(c1ccco1)N1CCc2ccccc21. The first kappa shape index (κ1) is 19.0. The zero-order valence-corrected chi connectivity index (χ0v) is 15.4. The summed E-state index contributed by atoms with van der Waals surface area (Å²) in [6, 6.07) is 11.8.